The zero-order chi connectivity index (χ0) is 33.8. The average Bonchev–Trinajstić information content (AvgIpc) is 3.65. The summed E-state index contributed by atoms with van der Waals surface area (Å²) in [6.07, 6.45) is 1.20. The van der Waals surface area contributed by atoms with Crippen LogP contribution in [0, 0.1) is 0 Å². The number of hydrogen-bond donors (Lipinski definition) is 0. The Morgan fingerprint density at radius 1 is 1.02 bits per heavy atom. The molecule has 7 rings (SSSR count). The Morgan fingerprint density at radius 2 is 1.77 bits per heavy atom. The molecule has 0 N–H and O–H groups in total. The summed E-state index contributed by atoms with van der Waals surface area (Å²) < 4.78 is 60.6. The van der Waals surface area contributed by atoms with Gasteiger partial charge in [0.2, 0.25) is 11.8 Å². The Balaban J connectivity index is 1.11. The van der Waals surface area contributed by atoms with Crippen molar-refractivity contribution in [2.24, 2.45) is 0 Å². The van der Waals surface area contributed by atoms with E-state index < -0.39 is 29.7 Å². The third-order valence-corrected chi connectivity index (χ3v) is 7.87. The maximum atomic E-state index is 13.7. The molecule has 250 valence electrons. The van der Waals surface area contributed by atoms with Gasteiger partial charge in [0.1, 0.15) is 23.6 Å². The highest BCUT2D eigenvalue weighted by molar-refractivity contribution is 5.77. The fraction of sp³-hybridized carbons (Fsp3) is 0.406. The maximum absolute atomic E-state index is 13.7. The van der Waals surface area contributed by atoms with E-state index in [2.05, 4.69) is 25.1 Å². The molecular formula is C32H32F3N9O4. The highest BCUT2D eigenvalue weighted by Crippen LogP contribution is 2.45. The Labute approximate surface area is 272 Å². The minimum atomic E-state index is -4.68. The molecule has 48 heavy (non-hydrogen) atoms. The van der Waals surface area contributed by atoms with Gasteiger partial charge in [-0.1, -0.05) is 12.1 Å². The van der Waals surface area contributed by atoms with Crippen LogP contribution in [0.1, 0.15) is 56.5 Å². The molecule has 1 saturated carbocycles. The monoisotopic (exact) mass is 663 g/mol. The van der Waals surface area contributed by atoms with Crippen molar-refractivity contribution >= 4 is 17.1 Å². The molecule has 0 atom stereocenters. The maximum Gasteiger partial charge on any atom is 0.435 e. The van der Waals surface area contributed by atoms with Crippen LogP contribution in [0.2, 0.25) is 0 Å². The number of aromatic nitrogens is 8. The van der Waals surface area contributed by atoms with E-state index in [1.807, 2.05) is 0 Å². The van der Waals surface area contributed by atoms with Gasteiger partial charge in [0.25, 0.3) is 0 Å². The molecule has 5 aromatic rings. The average molecular weight is 664 g/mol. The van der Waals surface area contributed by atoms with Crippen LogP contribution < -0.4 is 9.47 Å². The molecule has 1 aromatic carbocycles. The normalized spacial score (nSPS) is 15.4. The van der Waals surface area contributed by atoms with E-state index >= 15 is 0 Å². The predicted molar refractivity (Wildman–Crippen MR) is 165 cm³/mol. The number of benzene rings is 1. The molecule has 1 amide bonds. The number of fused-ring (bicyclic) bond motifs is 1. The highest BCUT2D eigenvalue weighted by Gasteiger charge is 2.39. The summed E-state index contributed by atoms with van der Waals surface area (Å²) in [4.78, 5) is 31.8. The van der Waals surface area contributed by atoms with E-state index in [1.54, 1.807) is 69.2 Å². The number of alkyl halides is 3. The van der Waals surface area contributed by atoms with Gasteiger partial charge in [-0.15, -0.1) is 0 Å². The molecule has 13 nitrogen and oxygen atoms in total. The van der Waals surface area contributed by atoms with Gasteiger partial charge >= 0.3 is 12.3 Å². The van der Waals surface area contributed by atoms with Gasteiger partial charge in [-0.25, -0.2) is 34.1 Å². The largest absolute Gasteiger partial charge is 0.480 e. The number of halogens is 3. The minimum Gasteiger partial charge on any atom is -0.480 e. The van der Waals surface area contributed by atoms with E-state index in [-0.39, 0.29) is 19.0 Å². The summed E-state index contributed by atoms with van der Waals surface area (Å²) in [5, 5.41) is 9.03. The van der Waals surface area contributed by atoms with Crippen molar-refractivity contribution < 1.29 is 32.2 Å². The molecule has 5 heterocycles. The van der Waals surface area contributed by atoms with Crippen molar-refractivity contribution in [2.75, 3.05) is 20.2 Å². The number of methoxy groups -OCH3 is 1. The van der Waals surface area contributed by atoms with Crippen LogP contribution in [0.25, 0.3) is 28.1 Å². The molecule has 1 saturated heterocycles. The lowest BCUT2D eigenvalue weighted by Crippen LogP contribution is -2.57. The zero-order valence-electron chi connectivity index (χ0n) is 26.6. The van der Waals surface area contributed by atoms with Crippen molar-refractivity contribution in [3.63, 3.8) is 0 Å². The van der Waals surface area contributed by atoms with Crippen LogP contribution in [0.3, 0.4) is 0 Å². The first-order valence-corrected chi connectivity index (χ1v) is 15.4. The second kappa shape index (κ2) is 11.8. The van der Waals surface area contributed by atoms with E-state index in [1.165, 1.54) is 11.2 Å². The molecule has 1 aliphatic heterocycles. The molecule has 1 aliphatic carbocycles. The number of ether oxygens (including phenoxy) is 3. The van der Waals surface area contributed by atoms with Crippen molar-refractivity contribution in [3.8, 4) is 28.8 Å². The fourth-order valence-electron chi connectivity index (χ4n) is 5.36. The lowest BCUT2D eigenvalue weighted by Gasteiger charge is -2.39. The number of amides is 1. The van der Waals surface area contributed by atoms with Crippen molar-refractivity contribution in [3.05, 3.63) is 66.0 Å². The number of rotatable bonds is 8. The van der Waals surface area contributed by atoms with Gasteiger partial charge < -0.3 is 19.1 Å². The molecule has 16 heteroatoms. The summed E-state index contributed by atoms with van der Waals surface area (Å²) in [6, 6.07) is 7.72. The van der Waals surface area contributed by atoms with E-state index in [4.69, 9.17) is 19.2 Å². The van der Waals surface area contributed by atoms with Gasteiger partial charge in [-0.3, -0.25) is 0 Å². The van der Waals surface area contributed by atoms with E-state index in [9.17, 15) is 18.0 Å². The smallest absolute Gasteiger partial charge is 0.435 e. The summed E-state index contributed by atoms with van der Waals surface area (Å²) in [5.41, 5.74) is 1.55. The molecular weight excluding hydrogens is 631 g/mol. The van der Waals surface area contributed by atoms with Crippen molar-refractivity contribution in [2.45, 2.75) is 64.0 Å². The standard InChI is InChI=1S/C32H32F3N9O4/c1-31(2,3)48-30(45)42-15-22(16-42)47-24-11-23(32(33,34)35)41-44(24)21-9-5-18(6-10-21)14-43-28-20(13-39-43)12-36-27(40-28)25-26(19-7-8-19)37-17-38-29(25)46-4/h5-6,9-13,17,19,22H,7-8,14-16H2,1-4H3. The van der Waals surface area contributed by atoms with Crippen LogP contribution in [0.15, 0.2) is 49.1 Å². The molecule has 4 aromatic heterocycles. The van der Waals surface area contributed by atoms with Gasteiger partial charge in [-0.05, 0) is 51.3 Å². The Bertz CT molecular complexity index is 1980. The third kappa shape index (κ3) is 6.33. The van der Waals surface area contributed by atoms with Gasteiger partial charge in [-0.2, -0.15) is 23.4 Å². The molecule has 2 fully saturated rings. The molecule has 0 unspecified atom stereocenters. The number of carbonyl (C=O) groups excluding carboxylic acids is 1. The van der Waals surface area contributed by atoms with Gasteiger partial charge in [0.05, 0.1) is 49.7 Å². The first kappa shape index (κ1) is 31.3. The van der Waals surface area contributed by atoms with Crippen molar-refractivity contribution in [1.29, 1.82) is 0 Å². The number of likely N-dealkylation sites (tertiary alicyclic amines) is 1. The summed E-state index contributed by atoms with van der Waals surface area (Å²) in [7, 11) is 1.55. The minimum absolute atomic E-state index is 0.0860. The number of hydrogen-bond acceptors (Lipinski definition) is 10. The number of carbonyl (C=O) groups is 1. The lowest BCUT2D eigenvalue weighted by atomic mass is 10.1. The summed E-state index contributed by atoms with van der Waals surface area (Å²) >= 11 is 0. The number of nitrogens with zero attached hydrogens (tertiary/aromatic N) is 9. The quantitative estimate of drug-likeness (QED) is 0.212. The second-order valence-corrected chi connectivity index (χ2v) is 12.8. The Hall–Kier alpha value is -5.28. The van der Waals surface area contributed by atoms with Crippen LogP contribution in [0.5, 0.6) is 11.8 Å². The van der Waals surface area contributed by atoms with Gasteiger partial charge in [0, 0.05) is 18.2 Å². The second-order valence-electron chi connectivity index (χ2n) is 12.8. The third-order valence-electron chi connectivity index (χ3n) is 7.87. The Morgan fingerprint density at radius 3 is 2.44 bits per heavy atom. The Kier molecular flexibility index (Phi) is 7.67. The predicted octanol–water partition coefficient (Wildman–Crippen LogP) is 5.42. The van der Waals surface area contributed by atoms with E-state index in [0.29, 0.717) is 41.1 Å². The lowest BCUT2D eigenvalue weighted by molar-refractivity contribution is -0.141. The summed E-state index contributed by atoms with van der Waals surface area (Å²) in [6.45, 7) is 5.95. The van der Waals surface area contributed by atoms with E-state index in [0.717, 1.165) is 40.2 Å². The first-order valence-electron chi connectivity index (χ1n) is 15.4. The summed E-state index contributed by atoms with van der Waals surface area (Å²) in [5.74, 6) is 1.07. The first-order chi connectivity index (χ1) is 22.9. The molecule has 0 spiro atoms. The van der Waals surface area contributed by atoms with Crippen LogP contribution in [-0.4, -0.2) is 82.4 Å². The van der Waals surface area contributed by atoms with Crippen LogP contribution in [-0.2, 0) is 17.5 Å². The van der Waals surface area contributed by atoms with Crippen LogP contribution >= 0.6 is 0 Å². The molecule has 2 aliphatic rings. The van der Waals surface area contributed by atoms with Gasteiger partial charge in [0.15, 0.2) is 17.2 Å². The van der Waals surface area contributed by atoms with Crippen LogP contribution in [0.4, 0.5) is 18.0 Å². The molecule has 0 radical (unpaired) electrons. The topological polar surface area (TPSA) is 135 Å². The fourth-order valence-corrected chi connectivity index (χ4v) is 5.36. The molecule has 0 bridgehead atoms. The zero-order valence-corrected chi connectivity index (χ0v) is 26.6. The van der Waals surface area contributed by atoms with Crippen molar-refractivity contribution in [1.82, 2.24) is 44.4 Å². The SMILES string of the molecule is COc1ncnc(C2CC2)c1-c1ncc2cnn(Cc3ccc(-n4nc(C(F)(F)F)cc4OC4CN(C(=O)OC(C)(C)C)C4)cc3)c2n1. The highest BCUT2D eigenvalue weighted by atomic mass is 19.4.